The summed E-state index contributed by atoms with van der Waals surface area (Å²) in [6, 6.07) is 3.82. The van der Waals surface area contributed by atoms with E-state index in [-0.39, 0.29) is 17.9 Å². The number of rotatable bonds is 4. The van der Waals surface area contributed by atoms with Gasteiger partial charge in [0.25, 0.3) is 5.91 Å². The normalized spacial score (nSPS) is 15.2. The fourth-order valence-corrected chi connectivity index (χ4v) is 3.16. The third-order valence-electron chi connectivity index (χ3n) is 4.46. The first-order chi connectivity index (χ1) is 12.1. The van der Waals surface area contributed by atoms with E-state index >= 15 is 0 Å². The zero-order valence-electron chi connectivity index (χ0n) is 14.6. The second-order valence-electron chi connectivity index (χ2n) is 6.24. The Bertz CT molecular complexity index is 745. The molecular formula is C18H23N5O2. The summed E-state index contributed by atoms with van der Waals surface area (Å²) in [5, 5.41) is 2.92. The van der Waals surface area contributed by atoms with Crippen LogP contribution in [0.5, 0.6) is 0 Å². The Balaban J connectivity index is 1.65. The summed E-state index contributed by atoms with van der Waals surface area (Å²) in [5.74, 6) is 1.67. The number of pyridine rings is 1. The molecule has 0 spiro atoms. The molecule has 1 aliphatic heterocycles. The Morgan fingerprint density at radius 1 is 1.24 bits per heavy atom. The lowest BCUT2D eigenvalue weighted by Gasteiger charge is -2.32. The van der Waals surface area contributed by atoms with Gasteiger partial charge >= 0.3 is 0 Å². The van der Waals surface area contributed by atoms with Crippen LogP contribution >= 0.6 is 0 Å². The number of nitrogens with zero attached hydrogens (tertiary/aromatic N) is 4. The van der Waals surface area contributed by atoms with Crippen LogP contribution in [0.2, 0.25) is 0 Å². The lowest BCUT2D eigenvalue weighted by molar-refractivity contribution is -0.119. The van der Waals surface area contributed by atoms with Crippen molar-refractivity contribution in [1.29, 1.82) is 0 Å². The third-order valence-corrected chi connectivity index (χ3v) is 4.46. The van der Waals surface area contributed by atoms with Gasteiger partial charge in [-0.05, 0) is 25.0 Å². The summed E-state index contributed by atoms with van der Waals surface area (Å²) in [6.45, 7) is 4.86. The number of imidazole rings is 1. The fourth-order valence-electron chi connectivity index (χ4n) is 3.16. The summed E-state index contributed by atoms with van der Waals surface area (Å²) >= 11 is 0. The molecule has 7 nitrogen and oxygen atoms in total. The standard InChI is InChI=1S/C18H23N5O2/c1-3-16-19-8-11-23(16)17-5-4-14(12-20-17)18(25)22-9-6-15(7-10-22)21-13(2)24/h4-5,8,11-12,15H,3,6-7,9-10H2,1-2H3,(H,21,24). The van der Waals surface area contributed by atoms with Gasteiger partial charge in [0.2, 0.25) is 5.91 Å². The maximum absolute atomic E-state index is 12.6. The molecule has 7 heteroatoms. The summed E-state index contributed by atoms with van der Waals surface area (Å²) in [6.07, 6.45) is 7.63. The smallest absolute Gasteiger partial charge is 0.255 e. The Hall–Kier alpha value is -2.70. The molecule has 1 aliphatic rings. The highest BCUT2D eigenvalue weighted by Gasteiger charge is 2.24. The monoisotopic (exact) mass is 341 g/mol. The number of amides is 2. The molecule has 0 atom stereocenters. The first-order valence-electron chi connectivity index (χ1n) is 8.63. The van der Waals surface area contributed by atoms with Crippen molar-refractivity contribution in [1.82, 2.24) is 24.8 Å². The van der Waals surface area contributed by atoms with E-state index in [1.165, 1.54) is 6.92 Å². The number of likely N-dealkylation sites (tertiary alicyclic amines) is 1. The highest BCUT2D eigenvalue weighted by Crippen LogP contribution is 2.15. The van der Waals surface area contributed by atoms with Gasteiger partial charge in [0.15, 0.2) is 0 Å². The van der Waals surface area contributed by atoms with Crippen LogP contribution in [0.25, 0.3) is 5.82 Å². The molecule has 0 aromatic carbocycles. The topological polar surface area (TPSA) is 80.1 Å². The second-order valence-corrected chi connectivity index (χ2v) is 6.24. The highest BCUT2D eigenvalue weighted by atomic mass is 16.2. The van der Waals surface area contributed by atoms with Crippen LogP contribution in [0.3, 0.4) is 0 Å². The van der Waals surface area contributed by atoms with Crippen LogP contribution in [-0.2, 0) is 11.2 Å². The van der Waals surface area contributed by atoms with Crippen molar-refractivity contribution in [3.05, 3.63) is 42.1 Å². The minimum atomic E-state index is -0.0180. The maximum atomic E-state index is 12.6. The van der Waals surface area contributed by atoms with E-state index in [2.05, 4.69) is 15.3 Å². The number of hydrogen-bond donors (Lipinski definition) is 1. The van der Waals surface area contributed by atoms with Gasteiger partial charge < -0.3 is 10.2 Å². The average Bonchev–Trinajstić information content (AvgIpc) is 3.10. The molecule has 2 aromatic rings. The molecule has 2 amide bonds. The Morgan fingerprint density at radius 3 is 2.60 bits per heavy atom. The van der Waals surface area contributed by atoms with E-state index in [0.717, 1.165) is 30.9 Å². The van der Waals surface area contributed by atoms with E-state index in [0.29, 0.717) is 18.7 Å². The van der Waals surface area contributed by atoms with Crippen molar-refractivity contribution >= 4 is 11.8 Å². The molecular weight excluding hydrogens is 318 g/mol. The molecule has 2 aromatic heterocycles. The van der Waals surface area contributed by atoms with Gasteiger partial charge in [0.05, 0.1) is 5.56 Å². The van der Waals surface area contributed by atoms with Crippen LogP contribution in [0.1, 0.15) is 42.9 Å². The average molecular weight is 341 g/mol. The number of piperidine rings is 1. The van der Waals surface area contributed by atoms with E-state index in [4.69, 9.17) is 0 Å². The maximum Gasteiger partial charge on any atom is 0.255 e. The Labute approximate surface area is 147 Å². The number of aryl methyl sites for hydroxylation is 1. The van der Waals surface area contributed by atoms with Gasteiger partial charge in [0.1, 0.15) is 11.6 Å². The molecule has 1 saturated heterocycles. The van der Waals surface area contributed by atoms with Crippen molar-refractivity contribution in [3.63, 3.8) is 0 Å². The third kappa shape index (κ3) is 3.87. The molecule has 3 heterocycles. The van der Waals surface area contributed by atoms with Crippen LogP contribution in [0, 0.1) is 0 Å². The molecule has 0 aliphatic carbocycles. The van der Waals surface area contributed by atoms with Crippen molar-refractivity contribution in [2.75, 3.05) is 13.1 Å². The molecule has 1 N–H and O–H groups in total. The first-order valence-corrected chi connectivity index (χ1v) is 8.63. The van der Waals surface area contributed by atoms with Gasteiger partial charge in [-0.25, -0.2) is 9.97 Å². The van der Waals surface area contributed by atoms with Crippen molar-refractivity contribution in [3.8, 4) is 5.82 Å². The molecule has 0 radical (unpaired) electrons. The number of aromatic nitrogens is 3. The summed E-state index contributed by atoms with van der Waals surface area (Å²) in [7, 11) is 0. The number of carbonyl (C=O) groups is 2. The van der Waals surface area contributed by atoms with E-state index in [9.17, 15) is 9.59 Å². The molecule has 0 unspecified atom stereocenters. The minimum Gasteiger partial charge on any atom is -0.353 e. The van der Waals surface area contributed by atoms with Crippen molar-refractivity contribution in [2.24, 2.45) is 0 Å². The number of hydrogen-bond acceptors (Lipinski definition) is 4. The van der Waals surface area contributed by atoms with Crippen LogP contribution < -0.4 is 5.32 Å². The van der Waals surface area contributed by atoms with Crippen LogP contribution in [0.4, 0.5) is 0 Å². The van der Waals surface area contributed by atoms with E-state index in [1.807, 2.05) is 34.7 Å². The first kappa shape index (κ1) is 17.1. The molecule has 1 fully saturated rings. The number of nitrogens with one attached hydrogen (secondary N) is 1. The van der Waals surface area contributed by atoms with Crippen LogP contribution in [0.15, 0.2) is 30.7 Å². The molecule has 3 rings (SSSR count). The van der Waals surface area contributed by atoms with Gasteiger partial charge in [-0.2, -0.15) is 0 Å². The predicted molar refractivity (Wildman–Crippen MR) is 93.5 cm³/mol. The quantitative estimate of drug-likeness (QED) is 0.915. The van der Waals surface area contributed by atoms with Gasteiger partial charge in [0, 0.05) is 51.1 Å². The second kappa shape index (κ2) is 7.46. The van der Waals surface area contributed by atoms with E-state index < -0.39 is 0 Å². The van der Waals surface area contributed by atoms with Crippen LogP contribution in [-0.4, -0.2) is 50.4 Å². The largest absolute Gasteiger partial charge is 0.353 e. The molecule has 25 heavy (non-hydrogen) atoms. The number of carbonyl (C=O) groups excluding carboxylic acids is 2. The zero-order chi connectivity index (χ0) is 17.8. The Kier molecular flexibility index (Phi) is 5.11. The molecule has 132 valence electrons. The lowest BCUT2D eigenvalue weighted by Crippen LogP contribution is -2.46. The summed E-state index contributed by atoms with van der Waals surface area (Å²) in [4.78, 5) is 34.3. The molecule has 0 bridgehead atoms. The van der Waals surface area contributed by atoms with Gasteiger partial charge in [-0.1, -0.05) is 6.92 Å². The van der Waals surface area contributed by atoms with E-state index in [1.54, 1.807) is 12.4 Å². The summed E-state index contributed by atoms with van der Waals surface area (Å²) < 4.78 is 1.92. The summed E-state index contributed by atoms with van der Waals surface area (Å²) in [5.41, 5.74) is 0.583. The SMILES string of the molecule is CCc1nccn1-c1ccc(C(=O)N2CCC(NC(C)=O)CC2)cn1. The van der Waals surface area contributed by atoms with Gasteiger partial charge in [-0.3, -0.25) is 14.2 Å². The zero-order valence-corrected chi connectivity index (χ0v) is 14.6. The Morgan fingerprint density at radius 2 is 2.00 bits per heavy atom. The van der Waals surface area contributed by atoms with Crippen molar-refractivity contribution in [2.45, 2.75) is 39.2 Å². The fraction of sp³-hybridized carbons (Fsp3) is 0.444. The minimum absolute atomic E-state index is 0.0123. The predicted octanol–water partition coefficient (Wildman–Crippen LogP) is 1.57. The van der Waals surface area contributed by atoms with Crippen molar-refractivity contribution < 1.29 is 9.59 Å². The highest BCUT2D eigenvalue weighted by molar-refractivity contribution is 5.94. The molecule has 0 saturated carbocycles. The van der Waals surface area contributed by atoms with Gasteiger partial charge in [-0.15, -0.1) is 0 Å². The lowest BCUT2D eigenvalue weighted by atomic mass is 10.0.